The van der Waals surface area contributed by atoms with Gasteiger partial charge in [0.2, 0.25) is 0 Å². The molecule has 4 heteroatoms. The van der Waals surface area contributed by atoms with Crippen molar-refractivity contribution in [3.63, 3.8) is 0 Å². The van der Waals surface area contributed by atoms with Crippen molar-refractivity contribution in [2.24, 2.45) is 0 Å². The molecule has 0 radical (unpaired) electrons. The van der Waals surface area contributed by atoms with Crippen molar-refractivity contribution in [1.29, 1.82) is 0 Å². The number of rotatable bonds is 4. The SMILES string of the molecule is CCc1ccc(C2OCc3ccc(C4CC(O)CC(CO)O4)cc32)cc1. The van der Waals surface area contributed by atoms with Crippen LogP contribution in [0.3, 0.4) is 0 Å². The van der Waals surface area contributed by atoms with E-state index in [2.05, 4.69) is 49.4 Å². The topological polar surface area (TPSA) is 58.9 Å². The Hall–Kier alpha value is -1.72. The highest BCUT2D eigenvalue weighted by molar-refractivity contribution is 5.42. The molecule has 4 unspecified atom stereocenters. The minimum atomic E-state index is -0.437. The molecule has 0 amide bonds. The first kappa shape index (κ1) is 17.7. The van der Waals surface area contributed by atoms with Crippen molar-refractivity contribution in [3.05, 3.63) is 70.3 Å². The highest BCUT2D eigenvalue weighted by Crippen LogP contribution is 2.39. The van der Waals surface area contributed by atoms with E-state index in [1.54, 1.807) is 0 Å². The Morgan fingerprint density at radius 2 is 1.81 bits per heavy atom. The predicted octanol–water partition coefficient (Wildman–Crippen LogP) is 3.44. The van der Waals surface area contributed by atoms with Gasteiger partial charge in [-0.05, 0) is 40.3 Å². The van der Waals surface area contributed by atoms with Crippen LogP contribution in [0.1, 0.15) is 59.8 Å². The summed E-state index contributed by atoms with van der Waals surface area (Å²) in [7, 11) is 0. The molecular weight excluding hydrogens is 328 g/mol. The lowest BCUT2D eigenvalue weighted by atomic mass is 9.91. The van der Waals surface area contributed by atoms with Crippen LogP contribution in [-0.4, -0.2) is 29.0 Å². The largest absolute Gasteiger partial charge is 0.394 e. The minimum Gasteiger partial charge on any atom is -0.394 e. The zero-order valence-electron chi connectivity index (χ0n) is 15.1. The predicted molar refractivity (Wildman–Crippen MR) is 98.8 cm³/mol. The lowest BCUT2D eigenvalue weighted by molar-refractivity contribution is -0.113. The van der Waals surface area contributed by atoms with Crippen LogP contribution >= 0.6 is 0 Å². The summed E-state index contributed by atoms with van der Waals surface area (Å²) in [5.74, 6) is 0. The third-order valence-electron chi connectivity index (χ3n) is 5.50. The fourth-order valence-corrected chi connectivity index (χ4v) is 3.98. The van der Waals surface area contributed by atoms with E-state index in [4.69, 9.17) is 9.47 Å². The molecule has 26 heavy (non-hydrogen) atoms. The summed E-state index contributed by atoms with van der Waals surface area (Å²) in [4.78, 5) is 0. The maximum Gasteiger partial charge on any atom is 0.108 e. The minimum absolute atomic E-state index is 0.0574. The summed E-state index contributed by atoms with van der Waals surface area (Å²) in [6.07, 6.45) is 1.10. The van der Waals surface area contributed by atoms with E-state index in [0.717, 1.165) is 17.5 Å². The summed E-state index contributed by atoms with van der Waals surface area (Å²) in [6, 6.07) is 14.9. The van der Waals surface area contributed by atoms with Gasteiger partial charge in [-0.3, -0.25) is 0 Å². The van der Waals surface area contributed by atoms with Crippen LogP contribution in [0.25, 0.3) is 0 Å². The number of aryl methyl sites for hydroxylation is 1. The highest BCUT2D eigenvalue weighted by Gasteiger charge is 2.31. The molecule has 2 aromatic carbocycles. The van der Waals surface area contributed by atoms with Crippen molar-refractivity contribution in [2.45, 2.75) is 57.2 Å². The second-order valence-electron chi connectivity index (χ2n) is 7.30. The zero-order valence-corrected chi connectivity index (χ0v) is 15.1. The van der Waals surface area contributed by atoms with Crippen LogP contribution < -0.4 is 0 Å². The quantitative estimate of drug-likeness (QED) is 0.883. The Labute approximate surface area is 154 Å². The third-order valence-corrected chi connectivity index (χ3v) is 5.50. The lowest BCUT2D eigenvalue weighted by Crippen LogP contribution is -2.33. The van der Waals surface area contributed by atoms with Crippen LogP contribution in [0.5, 0.6) is 0 Å². The Bertz CT molecular complexity index is 755. The van der Waals surface area contributed by atoms with E-state index in [9.17, 15) is 10.2 Å². The second kappa shape index (κ2) is 7.49. The van der Waals surface area contributed by atoms with Crippen LogP contribution in [0.4, 0.5) is 0 Å². The standard InChI is InChI=1S/C22H26O4/c1-2-14-3-5-15(6-4-14)22-20-9-16(7-8-17(20)13-25-22)21-11-18(24)10-19(12-23)26-21/h3-9,18-19,21-24H,2,10-13H2,1H3. The smallest absolute Gasteiger partial charge is 0.108 e. The van der Waals surface area contributed by atoms with E-state index in [1.165, 1.54) is 16.7 Å². The Morgan fingerprint density at radius 1 is 1.04 bits per heavy atom. The van der Waals surface area contributed by atoms with Gasteiger partial charge in [-0.1, -0.05) is 43.3 Å². The fourth-order valence-electron chi connectivity index (χ4n) is 3.98. The van der Waals surface area contributed by atoms with E-state index in [1.807, 2.05) is 0 Å². The number of aliphatic hydroxyl groups excluding tert-OH is 2. The van der Waals surface area contributed by atoms with Gasteiger partial charge in [-0.25, -0.2) is 0 Å². The maximum atomic E-state index is 10.1. The summed E-state index contributed by atoms with van der Waals surface area (Å²) in [5.41, 5.74) is 5.90. The van der Waals surface area contributed by atoms with Crippen molar-refractivity contribution >= 4 is 0 Å². The Kier molecular flexibility index (Phi) is 5.09. The summed E-state index contributed by atoms with van der Waals surface area (Å²) < 4.78 is 12.0. The molecule has 0 saturated carbocycles. The molecule has 0 aliphatic carbocycles. The molecule has 1 saturated heterocycles. The van der Waals surface area contributed by atoms with Gasteiger partial charge in [0.05, 0.1) is 31.5 Å². The molecular formula is C22H26O4. The van der Waals surface area contributed by atoms with Crippen LogP contribution in [-0.2, 0) is 22.5 Å². The molecule has 0 spiro atoms. The van der Waals surface area contributed by atoms with Crippen LogP contribution in [0.15, 0.2) is 42.5 Å². The summed E-state index contributed by atoms with van der Waals surface area (Å²) in [6.45, 7) is 2.71. The lowest BCUT2D eigenvalue weighted by Gasteiger charge is -2.32. The molecule has 2 aliphatic rings. The number of fused-ring (bicyclic) bond motifs is 1. The maximum absolute atomic E-state index is 10.1. The van der Waals surface area contributed by atoms with E-state index < -0.39 is 6.10 Å². The van der Waals surface area contributed by atoms with Gasteiger partial charge in [-0.15, -0.1) is 0 Å². The van der Waals surface area contributed by atoms with Crippen molar-refractivity contribution in [1.82, 2.24) is 0 Å². The van der Waals surface area contributed by atoms with Gasteiger partial charge in [0.1, 0.15) is 6.10 Å². The zero-order chi connectivity index (χ0) is 18.1. The molecule has 4 atom stereocenters. The van der Waals surface area contributed by atoms with E-state index in [-0.39, 0.29) is 24.9 Å². The molecule has 0 aromatic heterocycles. The Balaban J connectivity index is 1.61. The van der Waals surface area contributed by atoms with Crippen molar-refractivity contribution in [2.75, 3.05) is 6.61 Å². The van der Waals surface area contributed by atoms with Crippen LogP contribution in [0.2, 0.25) is 0 Å². The number of hydrogen-bond acceptors (Lipinski definition) is 4. The fraction of sp³-hybridized carbons (Fsp3) is 0.455. The Morgan fingerprint density at radius 3 is 2.54 bits per heavy atom. The summed E-state index contributed by atoms with van der Waals surface area (Å²) in [5, 5.41) is 19.5. The molecule has 2 N–H and O–H groups in total. The molecule has 2 aliphatic heterocycles. The molecule has 2 heterocycles. The molecule has 4 nitrogen and oxygen atoms in total. The van der Waals surface area contributed by atoms with E-state index >= 15 is 0 Å². The third kappa shape index (κ3) is 3.42. The first-order chi connectivity index (χ1) is 12.7. The van der Waals surface area contributed by atoms with Crippen molar-refractivity contribution < 1.29 is 19.7 Å². The molecule has 1 fully saturated rings. The van der Waals surface area contributed by atoms with Crippen LogP contribution in [0, 0.1) is 0 Å². The number of aliphatic hydroxyl groups is 2. The molecule has 138 valence electrons. The number of ether oxygens (including phenoxy) is 2. The molecule has 4 rings (SSSR count). The average molecular weight is 354 g/mol. The second-order valence-corrected chi connectivity index (χ2v) is 7.30. The monoisotopic (exact) mass is 354 g/mol. The first-order valence-corrected chi connectivity index (χ1v) is 9.45. The van der Waals surface area contributed by atoms with Gasteiger partial charge in [0.25, 0.3) is 0 Å². The highest BCUT2D eigenvalue weighted by atomic mass is 16.5. The van der Waals surface area contributed by atoms with Gasteiger partial charge in [0, 0.05) is 12.8 Å². The summed E-state index contributed by atoms with van der Waals surface area (Å²) >= 11 is 0. The average Bonchev–Trinajstić information content (AvgIpc) is 3.10. The van der Waals surface area contributed by atoms with Gasteiger partial charge < -0.3 is 19.7 Å². The first-order valence-electron chi connectivity index (χ1n) is 9.45. The normalized spacial score (nSPS) is 28.1. The number of hydrogen-bond donors (Lipinski definition) is 2. The molecule has 2 aromatic rings. The van der Waals surface area contributed by atoms with Gasteiger partial charge in [-0.2, -0.15) is 0 Å². The van der Waals surface area contributed by atoms with Crippen molar-refractivity contribution in [3.8, 4) is 0 Å². The number of benzene rings is 2. The van der Waals surface area contributed by atoms with Gasteiger partial charge in [0.15, 0.2) is 0 Å². The molecule has 0 bridgehead atoms. The van der Waals surface area contributed by atoms with E-state index in [0.29, 0.717) is 19.4 Å². The van der Waals surface area contributed by atoms with Gasteiger partial charge >= 0.3 is 0 Å².